The van der Waals surface area contributed by atoms with E-state index in [0.717, 1.165) is 12.1 Å². The second-order valence-electron chi connectivity index (χ2n) is 13.7. The fraction of sp³-hybridized carbons (Fsp3) is 0.0455. The summed E-state index contributed by atoms with van der Waals surface area (Å²) in [5.41, 5.74) is -3.81. The van der Waals surface area contributed by atoms with E-state index in [4.69, 9.17) is 28.4 Å². The Balaban J connectivity index is 1.20. The Morgan fingerprint density at radius 1 is 0.290 bits per heavy atom. The van der Waals surface area contributed by atoms with Crippen molar-refractivity contribution in [1.82, 2.24) is 0 Å². The first kappa shape index (κ1) is 48.0. The van der Waals surface area contributed by atoms with Crippen LogP contribution in [0.4, 0.5) is 0 Å². The summed E-state index contributed by atoms with van der Waals surface area (Å²) < 4.78 is 30.0. The van der Waals surface area contributed by atoms with Gasteiger partial charge in [-0.25, -0.2) is 28.8 Å². The van der Waals surface area contributed by atoms with Gasteiger partial charge in [-0.1, -0.05) is 0 Å². The van der Waals surface area contributed by atoms with Gasteiger partial charge in [0.05, 0.1) is 40.0 Å². The summed E-state index contributed by atoms with van der Waals surface area (Å²) in [6.45, 7) is 1.41. The molecule has 0 radical (unpaired) electrons. The molecule has 356 valence electrons. The van der Waals surface area contributed by atoms with Gasteiger partial charge >= 0.3 is 35.8 Å². The van der Waals surface area contributed by atoms with E-state index >= 15 is 0 Å². The van der Waals surface area contributed by atoms with Crippen molar-refractivity contribution in [2.24, 2.45) is 0 Å². The van der Waals surface area contributed by atoms with Gasteiger partial charge in [0.15, 0.2) is 74.7 Å². The first-order valence-corrected chi connectivity index (χ1v) is 18.8. The standard InChI is InChI=1S/C44H30O25/c1-2-64-39(58)16-5-23(47)34(53)28(10-16)66-41(60)18-7-25(49)36(55)30(12-18)68-43(62)20-9-27(51)38(57)32(14-20)69-44(63)19-8-26(50)37(56)31(13-19)67-42(61)17-6-24(48)35(54)29(11-17)65-40(59)15-3-21(45)33(52)22(46)4-15/h3-14,45-57H,2H2,1H3. The van der Waals surface area contributed by atoms with Gasteiger partial charge in [0, 0.05) is 0 Å². The molecule has 0 atom stereocenters. The van der Waals surface area contributed by atoms with Crippen molar-refractivity contribution in [2.75, 3.05) is 6.61 Å². The maximum absolute atomic E-state index is 13.3. The SMILES string of the molecule is CCOC(=O)c1cc(O)c(O)c(OC(=O)c2cc(O)c(O)c(OC(=O)c3cc(O)c(O)c(OC(=O)c4cc(O)c(O)c(OC(=O)c5cc(O)c(O)c(OC(=O)c6cc(O)c(O)c(O)c6)c5)c4)c3)c2)c1. The lowest BCUT2D eigenvalue weighted by molar-refractivity contribution is 0.0522. The number of hydrogen-bond donors (Lipinski definition) is 13. The lowest BCUT2D eigenvalue weighted by atomic mass is 10.1. The molecule has 0 spiro atoms. The molecule has 0 amide bonds. The van der Waals surface area contributed by atoms with E-state index in [9.17, 15) is 95.2 Å². The van der Waals surface area contributed by atoms with Crippen LogP contribution in [0, 0.1) is 0 Å². The monoisotopic (exact) mass is 958 g/mol. The number of aromatic hydroxyl groups is 13. The van der Waals surface area contributed by atoms with Crippen molar-refractivity contribution in [3.8, 4) is 103 Å². The molecule has 6 rings (SSSR count). The minimum absolute atomic E-state index is 0.0745. The van der Waals surface area contributed by atoms with Crippen LogP contribution in [0.1, 0.15) is 69.1 Å². The summed E-state index contributed by atoms with van der Waals surface area (Å²) in [7, 11) is 0. The zero-order valence-corrected chi connectivity index (χ0v) is 34.3. The number of hydrogen-bond acceptors (Lipinski definition) is 25. The third-order valence-corrected chi connectivity index (χ3v) is 9.05. The van der Waals surface area contributed by atoms with Crippen LogP contribution >= 0.6 is 0 Å². The molecule has 0 bridgehead atoms. The first-order chi connectivity index (χ1) is 32.5. The molecule has 0 unspecified atom stereocenters. The fourth-order valence-electron chi connectivity index (χ4n) is 5.67. The van der Waals surface area contributed by atoms with E-state index in [2.05, 4.69) is 0 Å². The van der Waals surface area contributed by atoms with Crippen LogP contribution < -0.4 is 23.7 Å². The number of benzene rings is 6. The Morgan fingerprint density at radius 3 is 0.667 bits per heavy atom. The topological polar surface area (TPSA) is 421 Å². The normalized spacial score (nSPS) is 10.7. The largest absolute Gasteiger partial charge is 0.504 e. The molecule has 0 aliphatic heterocycles. The highest BCUT2D eigenvalue weighted by molar-refractivity contribution is 5.99. The van der Waals surface area contributed by atoms with Gasteiger partial charge in [0.2, 0.25) is 28.7 Å². The molecular weight excluding hydrogens is 928 g/mol. The van der Waals surface area contributed by atoms with Gasteiger partial charge in [-0.2, -0.15) is 0 Å². The number of rotatable bonds is 12. The third-order valence-electron chi connectivity index (χ3n) is 9.05. The molecule has 0 heterocycles. The average Bonchev–Trinajstić information content (AvgIpc) is 3.29. The van der Waals surface area contributed by atoms with Crippen molar-refractivity contribution < 1.29 is 124 Å². The number of carbonyl (C=O) groups is 6. The van der Waals surface area contributed by atoms with Crippen LogP contribution in [0.15, 0.2) is 72.8 Å². The van der Waals surface area contributed by atoms with Crippen LogP contribution in [0.3, 0.4) is 0 Å². The highest BCUT2D eigenvalue weighted by Crippen LogP contribution is 2.44. The van der Waals surface area contributed by atoms with E-state index in [1.807, 2.05) is 0 Å². The van der Waals surface area contributed by atoms with Crippen molar-refractivity contribution in [3.63, 3.8) is 0 Å². The predicted molar refractivity (Wildman–Crippen MR) is 221 cm³/mol. The van der Waals surface area contributed by atoms with Crippen LogP contribution in [-0.2, 0) is 4.74 Å². The Hall–Kier alpha value is -10.5. The van der Waals surface area contributed by atoms with Gasteiger partial charge < -0.3 is 94.8 Å². The minimum Gasteiger partial charge on any atom is -0.504 e. The number of phenols is 13. The summed E-state index contributed by atoms with van der Waals surface area (Å²) >= 11 is 0. The Labute approximate surface area is 382 Å². The highest BCUT2D eigenvalue weighted by Gasteiger charge is 2.27. The van der Waals surface area contributed by atoms with Crippen molar-refractivity contribution >= 4 is 35.8 Å². The molecule has 25 heteroatoms. The van der Waals surface area contributed by atoms with Crippen molar-refractivity contribution in [1.29, 1.82) is 0 Å². The van der Waals surface area contributed by atoms with Crippen molar-refractivity contribution in [3.05, 3.63) is 106 Å². The predicted octanol–water partition coefficient (Wildman–Crippen LogP) is 4.13. The second-order valence-corrected chi connectivity index (χ2v) is 13.7. The molecule has 0 saturated carbocycles. The molecule has 0 aliphatic carbocycles. The van der Waals surface area contributed by atoms with Crippen LogP contribution in [0.5, 0.6) is 103 Å². The number of phenolic OH excluding ortho intramolecular Hbond substituents is 13. The van der Waals surface area contributed by atoms with Crippen LogP contribution in [0.25, 0.3) is 0 Å². The molecule has 0 saturated heterocycles. The average molecular weight is 959 g/mol. The Kier molecular flexibility index (Phi) is 13.2. The van der Waals surface area contributed by atoms with Crippen molar-refractivity contribution in [2.45, 2.75) is 6.92 Å². The zero-order chi connectivity index (χ0) is 50.8. The smallest absolute Gasteiger partial charge is 0.343 e. The minimum atomic E-state index is -1.55. The number of ether oxygens (including phenoxy) is 6. The van der Waals surface area contributed by atoms with E-state index < -0.39 is 167 Å². The molecule has 6 aromatic carbocycles. The zero-order valence-electron chi connectivity index (χ0n) is 34.3. The van der Waals surface area contributed by atoms with Gasteiger partial charge in [0.1, 0.15) is 0 Å². The Bertz CT molecular complexity index is 3130. The van der Waals surface area contributed by atoms with Gasteiger partial charge in [0.25, 0.3) is 0 Å². The summed E-state index contributed by atoms with van der Waals surface area (Å²) in [6, 6.07) is 7.88. The quantitative estimate of drug-likeness (QED) is 0.0466. The summed E-state index contributed by atoms with van der Waals surface area (Å²) in [5.74, 6) is -26.7. The summed E-state index contributed by atoms with van der Waals surface area (Å²) in [4.78, 5) is 77.5. The molecule has 69 heavy (non-hydrogen) atoms. The fourth-order valence-corrected chi connectivity index (χ4v) is 5.67. The summed E-state index contributed by atoms with van der Waals surface area (Å²) in [5, 5.41) is 132. The van der Waals surface area contributed by atoms with Crippen LogP contribution in [-0.4, -0.2) is 109 Å². The molecule has 0 fully saturated rings. The molecule has 6 aromatic rings. The highest BCUT2D eigenvalue weighted by atomic mass is 16.6. The van der Waals surface area contributed by atoms with Crippen LogP contribution in [0.2, 0.25) is 0 Å². The lowest BCUT2D eigenvalue weighted by Gasteiger charge is -2.14. The number of carbonyl (C=O) groups excluding carboxylic acids is 6. The van der Waals surface area contributed by atoms with Gasteiger partial charge in [-0.15, -0.1) is 0 Å². The maximum atomic E-state index is 13.3. The third kappa shape index (κ3) is 10.1. The number of esters is 6. The van der Waals surface area contributed by atoms with Gasteiger partial charge in [-0.05, 0) is 79.7 Å². The lowest BCUT2D eigenvalue weighted by Crippen LogP contribution is -2.14. The maximum Gasteiger partial charge on any atom is 0.343 e. The van der Waals surface area contributed by atoms with E-state index in [1.54, 1.807) is 0 Å². The summed E-state index contributed by atoms with van der Waals surface area (Å²) in [6.07, 6.45) is 0. The second kappa shape index (κ2) is 18.9. The first-order valence-electron chi connectivity index (χ1n) is 18.8. The molecule has 25 nitrogen and oxygen atoms in total. The molecule has 0 aliphatic rings. The molecule has 13 N–H and O–H groups in total. The van der Waals surface area contributed by atoms with E-state index in [1.165, 1.54) is 6.92 Å². The van der Waals surface area contributed by atoms with Gasteiger partial charge in [-0.3, -0.25) is 0 Å². The molecule has 0 aromatic heterocycles. The van der Waals surface area contributed by atoms with E-state index in [-0.39, 0.29) is 12.2 Å². The Morgan fingerprint density at radius 2 is 0.464 bits per heavy atom. The van der Waals surface area contributed by atoms with E-state index in [0.29, 0.717) is 60.7 Å². The molecular formula is C44H30O25.